The molecule has 0 amide bonds. The third kappa shape index (κ3) is 4.35. The summed E-state index contributed by atoms with van der Waals surface area (Å²) < 4.78 is 10.5. The van der Waals surface area contributed by atoms with Crippen LogP contribution in [-0.2, 0) is 19.1 Å². The molecule has 0 N–H and O–H groups in total. The molecule has 0 aromatic heterocycles. The molecular formula is C14H20O4. The van der Waals surface area contributed by atoms with E-state index in [0.29, 0.717) is 36.8 Å². The fraction of sp³-hybridized carbons (Fsp3) is 0.571. The van der Waals surface area contributed by atoms with Crippen LogP contribution in [0, 0.1) is 0 Å². The van der Waals surface area contributed by atoms with E-state index in [1.807, 2.05) is 0 Å². The first kappa shape index (κ1) is 14.5. The fourth-order valence-corrected chi connectivity index (χ4v) is 1.77. The molecule has 0 unspecified atom stereocenters. The largest absolute Gasteiger partial charge is 0.459 e. The van der Waals surface area contributed by atoms with Crippen molar-refractivity contribution in [1.29, 1.82) is 0 Å². The second-order valence-electron chi connectivity index (χ2n) is 4.77. The molecular weight excluding hydrogens is 232 g/mol. The van der Waals surface area contributed by atoms with Crippen LogP contribution in [0.5, 0.6) is 0 Å². The van der Waals surface area contributed by atoms with Crippen LogP contribution in [0.3, 0.4) is 0 Å². The van der Waals surface area contributed by atoms with Crippen molar-refractivity contribution < 1.29 is 19.1 Å². The van der Waals surface area contributed by atoms with Gasteiger partial charge in [0.25, 0.3) is 0 Å². The summed E-state index contributed by atoms with van der Waals surface area (Å²) in [6.07, 6.45) is 2.68. The van der Waals surface area contributed by atoms with Crippen molar-refractivity contribution in [2.75, 3.05) is 0 Å². The van der Waals surface area contributed by atoms with Crippen molar-refractivity contribution in [2.45, 2.75) is 51.7 Å². The smallest absolute Gasteiger partial charge is 0.333 e. The van der Waals surface area contributed by atoms with E-state index in [4.69, 9.17) is 9.47 Å². The highest BCUT2D eigenvalue weighted by Crippen LogP contribution is 2.24. The highest BCUT2D eigenvalue weighted by Gasteiger charge is 2.26. The summed E-state index contributed by atoms with van der Waals surface area (Å²) >= 11 is 0. The Bertz CT molecular complexity index is 326. The summed E-state index contributed by atoms with van der Waals surface area (Å²) in [7, 11) is 0. The van der Waals surface area contributed by atoms with Gasteiger partial charge in [0.1, 0.15) is 12.2 Å². The van der Waals surface area contributed by atoms with Crippen LogP contribution in [0.4, 0.5) is 0 Å². The molecule has 4 nitrogen and oxygen atoms in total. The van der Waals surface area contributed by atoms with Gasteiger partial charge in [-0.2, -0.15) is 0 Å². The zero-order valence-electron chi connectivity index (χ0n) is 11.0. The molecule has 18 heavy (non-hydrogen) atoms. The maximum atomic E-state index is 11.3. The van der Waals surface area contributed by atoms with E-state index >= 15 is 0 Å². The molecule has 0 heterocycles. The quantitative estimate of drug-likeness (QED) is 0.570. The van der Waals surface area contributed by atoms with E-state index in [1.54, 1.807) is 13.8 Å². The lowest BCUT2D eigenvalue weighted by Crippen LogP contribution is -2.30. The average Bonchev–Trinajstić information content (AvgIpc) is 2.31. The molecule has 0 atom stereocenters. The molecule has 0 saturated heterocycles. The number of rotatable bonds is 4. The van der Waals surface area contributed by atoms with Crippen LogP contribution in [0.25, 0.3) is 0 Å². The lowest BCUT2D eigenvalue weighted by Gasteiger charge is -2.28. The van der Waals surface area contributed by atoms with Crippen molar-refractivity contribution in [2.24, 2.45) is 0 Å². The Morgan fingerprint density at radius 3 is 1.33 bits per heavy atom. The summed E-state index contributed by atoms with van der Waals surface area (Å²) in [5.41, 5.74) is 0.816. The summed E-state index contributed by atoms with van der Waals surface area (Å²) in [6.45, 7) is 10.3. The van der Waals surface area contributed by atoms with E-state index in [2.05, 4.69) is 13.2 Å². The van der Waals surface area contributed by atoms with Crippen LogP contribution in [0.15, 0.2) is 24.3 Å². The van der Waals surface area contributed by atoms with Gasteiger partial charge in [-0.25, -0.2) is 9.59 Å². The Morgan fingerprint density at radius 2 is 1.11 bits per heavy atom. The molecule has 0 aromatic carbocycles. The number of carbonyl (C=O) groups is 2. The monoisotopic (exact) mass is 252 g/mol. The second kappa shape index (κ2) is 6.38. The summed E-state index contributed by atoms with van der Waals surface area (Å²) in [5, 5.41) is 0. The Kier molecular flexibility index (Phi) is 5.13. The van der Waals surface area contributed by atoms with Gasteiger partial charge in [-0.3, -0.25) is 0 Å². The minimum absolute atomic E-state index is 0.0889. The molecule has 0 radical (unpaired) electrons. The van der Waals surface area contributed by atoms with Crippen LogP contribution in [0.1, 0.15) is 39.5 Å². The van der Waals surface area contributed by atoms with Gasteiger partial charge < -0.3 is 9.47 Å². The van der Waals surface area contributed by atoms with Crippen LogP contribution in [-0.4, -0.2) is 24.1 Å². The number of hydrogen-bond acceptors (Lipinski definition) is 4. The molecule has 1 aliphatic rings. The molecule has 0 aromatic rings. The minimum Gasteiger partial charge on any atom is -0.459 e. The lowest BCUT2D eigenvalue weighted by atomic mass is 9.95. The standard InChI is InChI=1S/C14H20O4/c1-9(2)13(15)17-11-5-7-12(8-6-11)18-14(16)10(3)4/h11-12H,1,3,5-8H2,2,4H3. The maximum absolute atomic E-state index is 11.3. The van der Waals surface area contributed by atoms with Crippen molar-refractivity contribution in [3.8, 4) is 0 Å². The Morgan fingerprint density at radius 1 is 0.833 bits per heavy atom. The van der Waals surface area contributed by atoms with Crippen molar-refractivity contribution in [3.63, 3.8) is 0 Å². The molecule has 1 rings (SSSR count). The van der Waals surface area contributed by atoms with E-state index in [-0.39, 0.29) is 24.1 Å². The van der Waals surface area contributed by atoms with Gasteiger partial charge >= 0.3 is 11.9 Å². The number of esters is 2. The number of carbonyl (C=O) groups excluding carboxylic acids is 2. The third-order valence-electron chi connectivity index (χ3n) is 2.87. The van der Waals surface area contributed by atoms with Gasteiger partial charge in [-0.1, -0.05) is 13.2 Å². The van der Waals surface area contributed by atoms with Gasteiger partial charge in [0.2, 0.25) is 0 Å². The summed E-state index contributed by atoms with van der Waals surface area (Å²) in [5.74, 6) is -0.699. The summed E-state index contributed by atoms with van der Waals surface area (Å²) in [4.78, 5) is 22.7. The predicted octanol–water partition coefficient (Wildman–Crippen LogP) is 2.54. The van der Waals surface area contributed by atoms with Gasteiger partial charge in [-0.05, 0) is 39.5 Å². The second-order valence-corrected chi connectivity index (χ2v) is 4.77. The Balaban J connectivity index is 2.33. The predicted molar refractivity (Wildman–Crippen MR) is 67.9 cm³/mol. The average molecular weight is 252 g/mol. The zero-order chi connectivity index (χ0) is 13.7. The van der Waals surface area contributed by atoms with Gasteiger partial charge in [0.05, 0.1) is 0 Å². The number of ether oxygens (including phenoxy) is 2. The molecule has 100 valence electrons. The van der Waals surface area contributed by atoms with Crippen LogP contribution < -0.4 is 0 Å². The SMILES string of the molecule is C=C(C)C(=O)OC1CCC(OC(=O)C(=C)C)CC1. The van der Waals surface area contributed by atoms with E-state index in [1.165, 1.54) is 0 Å². The molecule has 1 saturated carbocycles. The first-order valence-corrected chi connectivity index (χ1v) is 6.13. The Labute approximate surface area is 108 Å². The molecule has 0 bridgehead atoms. The molecule has 0 aliphatic heterocycles. The van der Waals surface area contributed by atoms with Crippen molar-refractivity contribution >= 4 is 11.9 Å². The minimum atomic E-state index is -0.350. The van der Waals surface area contributed by atoms with Crippen LogP contribution >= 0.6 is 0 Å². The number of hydrogen-bond donors (Lipinski definition) is 0. The van der Waals surface area contributed by atoms with Crippen LogP contribution in [0.2, 0.25) is 0 Å². The summed E-state index contributed by atoms with van der Waals surface area (Å²) in [6, 6.07) is 0. The zero-order valence-corrected chi connectivity index (χ0v) is 11.0. The van der Waals surface area contributed by atoms with Gasteiger partial charge in [0, 0.05) is 11.1 Å². The van der Waals surface area contributed by atoms with E-state index in [9.17, 15) is 9.59 Å². The highest BCUT2D eigenvalue weighted by molar-refractivity contribution is 5.87. The first-order chi connectivity index (χ1) is 8.40. The van der Waals surface area contributed by atoms with E-state index in [0.717, 1.165) is 0 Å². The molecule has 4 heteroatoms. The topological polar surface area (TPSA) is 52.6 Å². The molecule has 0 spiro atoms. The highest BCUT2D eigenvalue weighted by atomic mass is 16.6. The normalized spacial score (nSPS) is 23.0. The molecule has 1 fully saturated rings. The fourth-order valence-electron chi connectivity index (χ4n) is 1.77. The van der Waals surface area contributed by atoms with Crippen molar-refractivity contribution in [1.82, 2.24) is 0 Å². The van der Waals surface area contributed by atoms with Gasteiger partial charge in [0.15, 0.2) is 0 Å². The molecule has 1 aliphatic carbocycles. The first-order valence-electron chi connectivity index (χ1n) is 6.13. The van der Waals surface area contributed by atoms with E-state index < -0.39 is 0 Å². The third-order valence-corrected chi connectivity index (χ3v) is 2.87. The van der Waals surface area contributed by atoms with Crippen molar-refractivity contribution in [3.05, 3.63) is 24.3 Å². The lowest BCUT2D eigenvalue weighted by molar-refractivity contribution is -0.153. The van der Waals surface area contributed by atoms with Gasteiger partial charge in [-0.15, -0.1) is 0 Å². The maximum Gasteiger partial charge on any atom is 0.333 e. The Hall–Kier alpha value is -1.58.